The molecule has 0 rings (SSSR count). The fourth-order valence-corrected chi connectivity index (χ4v) is 2.10. The van der Waals surface area contributed by atoms with Crippen LogP contribution >= 0.6 is 0 Å². The summed E-state index contributed by atoms with van der Waals surface area (Å²) < 4.78 is 5.58. The maximum Gasteiger partial charge on any atom is 0.146 e. The molecule has 0 heterocycles. The van der Waals surface area contributed by atoms with E-state index < -0.39 is 0 Å². The summed E-state index contributed by atoms with van der Waals surface area (Å²) in [5.41, 5.74) is 0. The molecule has 0 saturated carbocycles. The molecule has 0 aliphatic rings. The number of hydrogen-bond donors (Lipinski definition) is 0. The largest absolute Gasteiger partial charge is 0.425 e. The molecule has 0 N–H and O–H groups in total. The van der Waals surface area contributed by atoms with E-state index in [9.17, 15) is 0 Å². The van der Waals surface area contributed by atoms with Gasteiger partial charge < -0.3 is 4.43 Å². The van der Waals surface area contributed by atoms with Gasteiger partial charge in [0.25, 0.3) is 0 Å². The minimum Gasteiger partial charge on any atom is -0.425 e. The third-order valence-corrected chi connectivity index (χ3v) is 3.26. The van der Waals surface area contributed by atoms with Crippen LogP contribution in [-0.4, -0.2) is 16.6 Å². The van der Waals surface area contributed by atoms with E-state index in [0.717, 1.165) is 10.5 Å². The van der Waals surface area contributed by atoms with Crippen molar-refractivity contribution in [3.8, 4) is 0 Å². The van der Waals surface area contributed by atoms with E-state index in [1.165, 1.54) is 51.4 Å². The van der Waals surface area contributed by atoms with E-state index in [1.54, 1.807) is 0 Å². The van der Waals surface area contributed by atoms with Crippen molar-refractivity contribution >= 4 is 10.5 Å². The van der Waals surface area contributed by atoms with Crippen molar-refractivity contribution in [3.05, 3.63) is 0 Å². The highest BCUT2D eigenvalue weighted by atomic mass is 28.2. The lowest BCUT2D eigenvalue weighted by Crippen LogP contribution is -2.10. The number of rotatable bonds is 9. The van der Waals surface area contributed by atoms with Gasteiger partial charge in [-0.25, -0.2) is 0 Å². The van der Waals surface area contributed by atoms with Gasteiger partial charge >= 0.3 is 0 Å². The van der Waals surface area contributed by atoms with E-state index in [2.05, 4.69) is 13.8 Å². The van der Waals surface area contributed by atoms with Crippen LogP contribution in [0.2, 0.25) is 0 Å². The standard InChI is InChI=1S/C11H26OSi/c1-3-5-7-9-11(12-13)10-8-6-4-2/h11H,3-10H2,1-2,13H3. The molecule has 0 spiro atoms. The summed E-state index contributed by atoms with van der Waals surface area (Å²) in [5.74, 6) is 0. The lowest BCUT2D eigenvalue weighted by molar-refractivity contribution is 0.190. The zero-order valence-electron chi connectivity index (χ0n) is 9.64. The van der Waals surface area contributed by atoms with Crippen molar-refractivity contribution in [2.24, 2.45) is 0 Å². The molecular formula is C11H26OSi. The first-order chi connectivity index (χ1) is 6.35. The Bertz CT molecular complexity index is 86.1. The minimum absolute atomic E-state index is 0.588. The van der Waals surface area contributed by atoms with Gasteiger partial charge in [0, 0.05) is 6.10 Å². The van der Waals surface area contributed by atoms with Crippen LogP contribution in [0.5, 0.6) is 0 Å². The van der Waals surface area contributed by atoms with Crippen LogP contribution in [0, 0.1) is 0 Å². The Balaban J connectivity index is 3.28. The van der Waals surface area contributed by atoms with Crippen molar-refractivity contribution in [2.75, 3.05) is 0 Å². The van der Waals surface area contributed by atoms with Crippen LogP contribution in [0.1, 0.15) is 65.2 Å². The van der Waals surface area contributed by atoms with Gasteiger partial charge in [-0.15, -0.1) is 0 Å². The first-order valence-electron chi connectivity index (χ1n) is 5.87. The topological polar surface area (TPSA) is 9.23 Å². The van der Waals surface area contributed by atoms with Gasteiger partial charge in [-0.05, 0) is 12.8 Å². The number of hydrogen-bond acceptors (Lipinski definition) is 1. The van der Waals surface area contributed by atoms with Crippen molar-refractivity contribution in [3.63, 3.8) is 0 Å². The molecule has 0 unspecified atom stereocenters. The Morgan fingerprint density at radius 3 is 1.69 bits per heavy atom. The van der Waals surface area contributed by atoms with Crippen LogP contribution in [0.3, 0.4) is 0 Å². The van der Waals surface area contributed by atoms with Crippen molar-refractivity contribution in [1.82, 2.24) is 0 Å². The molecule has 80 valence electrons. The smallest absolute Gasteiger partial charge is 0.146 e. The van der Waals surface area contributed by atoms with Crippen molar-refractivity contribution < 1.29 is 4.43 Å². The predicted octanol–water partition coefficient (Wildman–Crippen LogP) is 2.81. The summed E-state index contributed by atoms with van der Waals surface area (Å²) in [4.78, 5) is 0. The SMILES string of the molecule is CCCCCC(CCCCC)O[SiH3]. The monoisotopic (exact) mass is 202 g/mol. The molecule has 0 amide bonds. The van der Waals surface area contributed by atoms with E-state index in [4.69, 9.17) is 4.43 Å². The van der Waals surface area contributed by atoms with Crippen LogP contribution in [0.4, 0.5) is 0 Å². The van der Waals surface area contributed by atoms with Gasteiger partial charge in [0.15, 0.2) is 0 Å². The Morgan fingerprint density at radius 2 is 1.38 bits per heavy atom. The lowest BCUT2D eigenvalue weighted by Gasteiger charge is -2.15. The lowest BCUT2D eigenvalue weighted by atomic mass is 10.0. The van der Waals surface area contributed by atoms with Crippen LogP contribution in [0.25, 0.3) is 0 Å². The third kappa shape index (κ3) is 8.51. The highest BCUT2D eigenvalue weighted by Gasteiger charge is 2.04. The zero-order valence-corrected chi connectivity index (χ0v) is 11.6. The molecule has 0 saturated heterocycles. The second-order valence-electron chi connectivity index (χ2n) is 3.85. The van der Waals surface area contributed by atoms with Crippen LogP contribution in [0.15, 0.2) is 0 Å². The van der Waals surface area contributed by atoms with Gasteiger partial charge in [-0.2, -0.15) is 0 Å². The molecular weight excluding hydrogens is 176 g/mol. The van der Waals surface area contributed by atoms with E-state index in [1.807, 2.05) is 0 Å². The van der Waals surface area contributed by atoms with Crippen LogP contribution in [-0.2, 0) is 4.43 Å². The van der Waals surface area contributed by atoms with Gasteiger partial charge in [-0.3, -0.25) is 0 Å². The summed E-state index contributed by atoms with van der Waals surface area (Å²) >= 11 is 0. The summed E-state index contributed by atoms with van der Waals surface area (Å²) in [6.45, 7) is 4.52. The zero-order chi connectivity index (χ0) is 9.94. The molecule has 0 aromatic carbocycles. The Kier molecular flexibility index (Phi) is 10.4. The second kappa shape index (κ2) is 10.3. The van der Waals surface area contributed by atoms with E-state index in [-0.39, 0.29) is 0 Å². The molecule has 0 fully saturated rings. The molecule has 0 aliphatic carbocycles. The third-order valence-electron chi connectivity index (χ3n) is 2.59. The Morgan fingerprint density at radius 1 is 0.923 bits per heavy atom. The molecule has 0 aromatic heterocycles. The van der Waals surface area contributed by atoms with Crippen molar-refractivity contribution in [1.29, 1.82) is 0 Å². The Hall–Kier alpha value is 0.177. The normalized spacial score (nSPS) is 11.3. The molecule has 0 radical (unpaired) electrons. The molecule has 1 nitrogen and oxygen atoms in total. The highest BCUT2D eigenvalue weighted by molar-refractivity contribution is 5.98. The summed E-state index contributed by atoms with van der Waals surface area (Å²) in [6.07, 6.45) is 11.3. The quantitative estimate of drug-likeness (QED) is 0.413. The second-order valence-corrected chi connectivity index (χ2v) is 4.32. The van der Waals surface area contributed by atoms with Gasteiger partial charge in [0.1, 0.15) is 10.5 Å². The summed E-state index contributed by atoms with van der Waals surface area (Å²) in [5, 5.41) is 0. The van der Waals surface area contributed by atoms with Crippen LogP contribution < -0.4 is 0 Å². The van der Waals surface area contributed by atoms with Crippen molar-refractivity contribution in [2.45, 2.75) is 71.3 Å². The Labute approximate surface area is 86.8 Å². The van der Waals surface area contributed by atoms with Gasteiger partial charge in [0.05, 0.1) is 0 Å². The first-order valence-corrected chi connectivity index (χ1v) is 6.69. The number of unbranched alkanes of at least 4 members (excludes halogenated alkanes) is 4. The fourth-order valence-electron chi connectivity index (χ4n) is 1.62. The molecule has 0 aromatic rings. The molecule has 13 heavy (non-hydrogen) atoms. The molecule has 0 aliphatic heterocycles. The summed E-state index contributed by atoms with van der Waals surface area (Å²) in [7, 11) is 0.909. The maximum atomic E-state index is 5.58. The minimum atomic E-state index is 0.588. The van der Waals surface area contributed by atoms with E-state index >= 15 is 0 Å². The first kappa shape index (κ1) is 13.2. The molecule has 2 heteroatoms. The van der Waals surface area contributed by atoms with Gasteiger partial charge in [-0.1, -0.05) is 52.4 Å². The summed E-state index contributed by atoms with van der Waals surface area (Å²) in [6, 6.07) is 0. The maximum absolute atomic E-state index is 5.58. The molecule has 0 bridgehead atoms. The average molecular weight is 202 g/mol. The highest BCUT2D eigenvalue weighted by Crippen LogP contribution is 2.12. The molecule has 0 atom stereocenters. The van der Waals surface area contributed by atoms with E-state index in [0.29, 0.717) is 6.10 Å². The van der Waals surface area contributed by atoms with Gasteiger partial charge in [0.2, 0.25) is 0 Å². The average Bonchev–Trinajstić information content (AvgIpc) is 2.16. The fraction of sp³-hybridized carbons (Fsp3) is 1.00. The predicted molar refractivity (Wildman–Crippen MR) is 63.1 cm³/mol.